The largest absolute Gasteiger partial charge is 0.490 e. The summed E-state index contributed by atoms with van der Waals surface area (Å²) in [5.74, 6) is 0.181. The van der Waals surface area contributed by atoms with Gasteiger partial charge in [0, 0.05) is 11.6 Å². The van der Waals surface area contributed by atoms with Crippen molar-refractivity contribution in [1.82, 2.24) is 0 Å². The lowest BCUT2D eigenvalue weighted by molar-refractivity contribution is -0.385. The van der Waals surface area contributed by atoms with E-state index in [1.165, 1.54) is 18.2 Å². The highest BCUT2D eigenvalue weighted by atomic mass is 16.6. The lowest BCUT2D eigenvalue weighted by Crippen LogP contribution is -2.38. The van der Waals surface area contributed by atoms with E-state index in [0.717, 1.165) is 0 Å². The SMILES string of the molecule is CC(C)(N)COc1cccc([N+](=O)[O-])c1C#N. The fraction of sp³-hybridized carbons (Fsp3) is 0.364. The van der Waals surface area contributed by atoms with Crippen LogP contribution >= 0.6 is 0 Å². The molecule has 0 aliphatic heterocycles. The molecule has 0 aromatic heterocycles. The Hall–Kier alpha value is -2.13. The third-order valence-electron chi connectivity index (χ3n) is 1.91. The Labute approximate surface area is 98.8 Å². The second-order valence-electron chi connectivity index (χ2n) is 4.30. The zero-order valence-corrected chi connectivity index (χ0v) is 9.64. The Morgan fingerprint density at radius 2 is 2.24 bits per heavy atom. The molecule has 6 nitrogen and oxygen atoms in total. The highest BCUT2D eigenvalue weighted by Crippen LogP contribution is 2.27. The molecule has 0 amide bonds. The monoisotopic (exact) mass is 235 g/mol. The molecule has 0 spiro atoms. The third kappa shape index (κ3) is 3.43. The minimum Gasteiger partial charge on any atom is -0.490 e. The normalized spacial score (nSPS) is 10.7. The van der Waals surface area contributed by atoms with E-state index in [1.54, 1.807) is 19.9 Å². The van der Waals surface area contributed by atoms with Crippen molar-refractivity contribution in [3.63, 3.8) is 0 Å². The minimum absolute atomic E-state index is 0.0817. The van der Waals surface area contributed by atoms with Crippen molar-refractivity contribution in [2.45, 2.75) is 19.4 Å². The zero-order chi connectivity index (χ0) is 13.1. The van der Waals surface area contributed by atoms with E-state index in [4.69, 9.17) is 15.7 Å². The molecule has 0 saturated heterocycles. The van der Waals surface area contributed by atoms with E-state index in [9.17, 15) is 10.1 Å². The van der Waals surface area contributed by atoms with Crippen LogP contribution in [0.3, 0.4) is 0 Å². The van der Waals surface area contributed by atoms with Crippen LogP contribution in [0.25, 0.3) is 0 Å². The first-order chi connectivity index (χ1) is 7.85. The van der Waals surface area contributed by atoms with Crippen molar-refractivity contribution in [2.24, 2.45) is 5.73 Å². The number of hydrogen-bond acceptors (Lipinski definition) is 5. The molecule has 6 heteroatoms. The summed E-state index contributed by atoms with van der Waals surface area (Å²) in [6, 6.07) is 6.02. The summed E-state index contributed by atoms with van der Waals surface area (Å²) in [6.07, 6.45) is 0. The van der Waals surface area contributed by atoms with Crippen LogP contribution in [0.5, 0.6) is 5.75 Å². The first-order valence-electron chi connectivity index (χ1n) is 4.94. The van der Waals surface area contributed by atoms with Gasteiger partial charge in [0.1, 0.15) is 18.4 Å². The highest BCUT2D eigenvalue weighted by molar-refractivity contribution is 5.56. The van der Waals surface area contributed by atoms with E-state index in [0.29, 0.717) is 0 Å². The molecule has 0 saturated carbocycles. The van der Waals surface area contributed by atoms with Gasteiger partial charge in [-0.3, -0.25) is 10.1 Å². The number of benzene rings is 1. The molecular weight excluding hydrogens is 222 g/mol. The Bertz CT molecular complexity index is 472. The quantitative estimate of drug-likeness (QED) is 0.630. The van der Waals surface area contributed by atoms with Crippen LogP contribution in [0, 0.1) is 21.4 Å². The maximum Gasteiger partial charge on any atom is 0.290 e. The molecule has 0 atom stereocenters. The van der Waals surface area contributed by atoms with Gasteiger partial charge in [-0.1, -0.05) is 6.07 Å². The van der Waals surface area contributed by atoms with E-state index >= 15 is 0 Å². The standard InChI is InChI=1S/C11H13N3O3/c1-11(2,13)7-17-10-5-3-4-9(14(15)16)8(10)6-12/h3-5H,7,13H2,1-2H3. The maximum absolute atomic E-state index is 10.7. The van der Waals surface area contributed by atoms with Crippen molar-refractivity contribution < 1.29 is 9.66 Å². The molecule has 2 N–H and O–H groups in total. The van der Waals surface area contributed by atoms with Crippen LogP contribution in [-0.4, -0.2) is 17.1 Å². The zero-order valence-electron chi connectivity index (χ0n) is 9.64. The molecule has 1 aromatic carbocycles. The van der Waals surface area contributed by atoms with E-state index in [1.807, 2.05) is 0 Å². The summed E-state index contributed by atoms with van der Waals surface area (Å²) in [5, 5.41) is 19.6. The molecule has 0 aliphatic rings. The fourth-order valence-corrected chi connectivity index (χ4v) is 1.17. The molecular formula is C11H13N3O3. The lowest BCUT2D eigenvalue weighted by atomic mass is 10.1. The third-order valence-corrected chi connectivity index (χ3v) is 1.91. The Balaban J connectivity index is 3.05. The average molecular weight is 235 g/mol. The van der Waals surface area contributed by atoms with Gasteiger partial charge >= 0.3 is 0 Å². The van der Waals surface area contributed by atoms with Crippen molar-refractivity contribution in [3.05, 3.63) is 33.9 Å². The summed E-state index contributed by atoms with van der Waals surface area (Å²) in [7, 11) is 0. The van der Waals surface area contributed by atoms with Crippen LogP contribution < -0.4 is 10.5 Å². The second kappa shape index (κ2) is 4.80. The van der Waals surface area contributed by atoms with Crippen molar-refractivity contribution in [3.8, 4) is 11.8 Å². The molecule has 0 radical (unpaired) electrons. The van der Waals surface area contributed by atoms with Crippen molar-refractivity contribution in [2.75, 3.05) is 6.61 Å². The van der Waals surface area contributed by atoms with Crippen molar-refractivity contribution >= 4 is 5.69 Å². The van der Waals surface area contributed by atoms with Crippen LogP contribution in [0.15, 0.2) is 18.2 Å². The average Bonchev–Trinajstić information content (AvgIpc) is 2.24. The van der Waals surface area contributed by atoms with Crippen molar-refractivity contribution in [1.29, 1.82) is 5.26 Å². The minimum atomic E-state index is -0.612. The van der Waals surface area contributed by atoms with Gasteiger partial charge < -0.3 is 10.5 Å². The lowest BCUT2D eigenvalue weighted by Gasteiger charge is -2.19. The van der Waals surface area contributed by atoms with E-state index in [2.05, 4.69) is 0 Å². The molecule has 0 heterocycles. The van der Waals surface area contributed by atoms with Gasteiger partial charge in [-0.05, 0) is 19.9 Å². The number of nitrogens with two attached hydrogens (primary N) is 1. The van der Waals surface area contributed by atoms with Gasteiger partial charge in [0.05, 0.1) is 4.92 Å². The number of hydrogen-bond donors (Lipinski definition) is 1. The molecule has 1 rings (SSSR count). The van der Waals surface area contributed by atoms with Gasteiger partial charge in [-0.25, -0.2) is 0 Å². The topological polar surface area (TPSA) is 102 Å². The summed E-state index contributed by atoms with van der Waals surface area (Å²) in [5.41, 5.74) is 4.81. The first-order valence-corrected chi connectivity index (χ1v) is 4.94. The predicted octanol–water partition coefficient (Wildman–Crippen LogP) is 1.58. The summed E-state index contributed by atoms with van der Waals surface area (Å²) in [6.45, 7) is 3.69. The Morgan fingerprint density at radius 1 is 1.59 bits per heavy atom. The first kappa shape index (κ1) is 12.9. The Kier molecular flexibility index (Phi) is 3.66. The van der Waals surface area contributed by atoms with Gasteiger partial charge in [0.25, 0.3) is 5.69 Å². The van der Waals surface area contributed by atoms with Crippen LogP contribution in [-0.2, 0) is 0 Å². The highest BCUT2D eigenvalue weighted by Gasteiger charge is 2.20. The molecule has 0 unspecified atom stereocenters. The van der Waals surface area contributed by atoms with E-state index < -0.39 is 10.5 Å². The van der Waals surface area contributed by atoms with Crippen LogP contribution in [0.1, 0.15) is 19.4 Å². The number of nitro groups is 1. The number of nitriles is 1. The molecule has 0 aliphatic carbocycles. The summed E-state index contributed by atoms with van der Waals surface area (Å²) >= 11 is 0. The predicted molar refractivity (Wildman–Crippen MR) is 61.6 cm³/mol. The van der Waals surface area contributed by atoms with Crippen LogP contribution in [0.4, 0.5) is 5.69 Å². The van der Waals surface area contributed by atoms with E-state index in [-0.39, 0.29) is 23.6 Å². The number of rotatable bonds is 4. The molecule has 90 valence electrons. The number of nitro benzene ring substituents is 1. The number of nitrogens with zero attached hydrogens (tertiary/aromatic N) is 2. The van der Waals surface area contributed by atoms with Gasteiger partial charge in [-0.2, -0.15) is 5.26 Å². The smallest absolute Gasteiger partial charge is 0.290 e. The molecule has 0 bridgehead atoms. The second-order valence-corrected chi connectivity index (χ2v) is 4.30. The van der Waals surface area contributed by atoms with Crippen LogP contribution in [0.2, 0.25) is 0 Å². The Morgan fingerprint density at radius 3 is 2.71 bits per heavy atom. The number of ether oxygens (including phenoxy) is 1. The maximum atomic E-state index is 10.7. The fourth-order valence-electron chi connectivity index (χ4n) is 1.17. The van der Waals surface area contributed by atoms with Gasteiger partial charge in [0.2, 0.25) is 0 Å². The molecule has 17 heavy (non-hydrogen) atoms. The molecule has 0 fully saturated rings. The summed E-state index contributed by atoms with van der Waals surface area (Å²) in [4.78, 5) is 10.1. The van der Waals surface area contributed by atoms with Gasteiger partial charge in [0.15, 0.2) is 5.56 Å². The van der Waals surface area contributed by atoms with Gasteiger partial charge in [-0.15, -0.1) is 0 Å². The summed E-state index contributed by atoms with van der Waals surface area (Å²) < 4.78 is 5.33. The molecule has 1 aromatic rings.